The predicted molar refractivity (Wildman–Crippen MR) is 239 cm³/mol. The van der Waals surface area contributed by atoms with E-state index in [4.69, 9.17) is 33.0 Å². The molecule has 54 heavy (non-hydrogen) atoms. The molecule has 0 atom stereocenters. The van der Waals surface area contributed by atoms with Gasteiger partial charge in [-0.25, -0.2) is 4.79 Å². The summed E-state index contributed by atoms with van der Waals surface area (Å²) in [5.74, 6) is 2.22. The van der Waals surface area contributed by atoms with Crippen LogP contribution in [0.15, 0.2) is 109 Å². The van der Waals surface area contributed by atoms with Crippen LogP contribution in [0.4, 0.5) is 0 Å². The van der Waals surface area contributed by atoms with Gasteiger partial charge in [0.05, 0.1) is 5.02 Å². The van der Waals surface area contributed by atoms with Gasteiger partial charge in [0.25, 0.3) is 0 Å². The van der Waals surface area contributed by atoms with Crippen LogP contribution in [0.25, 0.3) is 0 Å². The van der Waals surface area contributed by atoms with Crippen LogP contribution in [0.2, 0.25) is 10.0 Å². The van der Waals surface area contributed by atoms with Gasteiger partial charge in [0, 0.05) is 20.9 Å². The molecule has 4 rings (SSSR count). The average Bonchev–Trinajstić information content (AvgIpc) is 3.21. The molecule has 300 valence electrons. The second kappa shape index (κ2) is 31.2. The molecule has 7 heteroatoms. The summed E-state index contributed by atoms with van der Waals surface area (Å²) in [4.78, 5) is 10.2. The first-order valence-corrected chi connectivity index (χ1v) is 22.5. The van der Waals surface area contributed by atoms with Crippen molar-refractivity contribution >= 4 is 52.2 Å². The fourth-order valence-electron chi connectivity index (χ4n) is 5.69. The Morgan fingerprint density at radius 3 is 1.06 bits per heavy atom. The van der Waals surface area contributed by atoms with E-state index >= 15 is 0 Å². The summed E-state index contributed by atoms with van der Waals surface area (Å²) in [6, 6.07) is 33.7. The SMILES string of the molecule is CCC(CC)CC.CCC(CC)CC.CCC(CC)CC.O=C(O)COc1ccc(Cl)cc1Cl.O=P(c1ccccc1)(c1ccccc1)c1ccccc1. The van der Waals surface area contributed by atoms with Crippen molar-refractivity contribution in [2.45, 2.75) is 120 Å². The van der Waals surface area contributed by atoms with Crippen LogP contribution in [-0.4, -0.2) is 17.7 Å². The van der Waals surface area contributed by atoms with E-state index in [1.165, 1.54) is 69.9 Å². The van der Waals surface area contributed by atoms with Crippen molar-refractivity contribution in [1.82, 2.24) is 0 Å². The van der Waals surface area contributed by atoms with E-state index in [1.807, 2.05) is 91.0 Å². The second-order valence-electron chi connectivity index (χ2n) is 13.1. The maximum Gasteiger partial charge on any atom is 0.341 e. The predicted octanol–water partition coefficient (Wildman–Crippen LogP) is 14.3. The van der Waals surface area contributed by atoms with E-state index < -0.39 is 19.7 Å². The first kappa shape index (κ1) is 51.0. The Morgan fingerprint density at radius 1 is 0.537 bits per heavy atom. The lowest BCUT2D eigenvalue weighted by molar-refractivity contribution is -0.139. The smallest absolute Gasteiger partial charge is 0.341 e. The van der Waals surface area contributed by atoms with Gasteiger partial charge in [0.15, 0.2) is 13.7 Å². The molecule has 0 aliphatic carbocycles. The van der Waals surface area contributed by atoms with Gasteiger partial charge in [-0.05, 0) is 36.0 Å². The van der Waals surface area contributed by atoms with Crippen molar-refractivity contribution in [2.24, 2.45) is 17.8 Å². The number of ether oxygens (including phenoxy) is 1. The number of hydrogen-bond acceptors (Lipinski definition) is 3. The van der Waals surface area contributed by atoms with Crippen LogP contribution in [0, 0.1) is 17.8 Å². The zero-order valence-corrected chi connectivity index (χ0v) is 37.0. The van der Waals surface area contributed by atoms with Crippen LogP contribution in [-0.2, 0) is 9.36 Å². The van der Waals surface area contributed by atoms with Gasteiger partial charge < -0.3 is 14.4 Å². The van der Waals surface area contributed by atoms with Gasteiger partial charge in [0.2, 0.25) is 0 Å². The minimum absolute atomic E-state index is 0.300. The van der Waals surface area contributed by atoms with Crippen LogP contribution in [0.1, 0.15) is 120 Å². The zero-order valence-electron chi connectivity index (χ0n) is 34.6. The lowest BCUT2D eigenvalue weighted by Crippen LogP contribution is -2.24. The number of rotatable bonds is 15. The summed E-state index contributed by atoms with van der Waals surface area (Å²) < 4.78 is 18.7. The molecule has 0 fully saturated rings. The Kier molecular flexibility index (Phi) is 29.4. The Bertz CT molecular complexity index is 1370. The molecule has 0 saturated heterocycles. The third-order valence-electron chi connectivity index (χ3n) is 9.80. The molecule has 0 unspecified atom stereocenters. The first-order chi connectivity index (χ1) is 25.9. The van der Waals surface area contributed by atoms with Crippen molar-refractivity contribution in [3.05, 3.63) is 119 Å². The molecular formula is C47H69Cl2O4P. The van der Waals surface area contributed by atoms with Crippen molar-refractivity contribution < 1.29 is 19.2 Å². The number of halogens is 2. The molecular weight excluding hydrogens is 730 g/mol. The van der Waals surface area contributed by atoms with Gasteiger partial charge in [-0.1, -0.05) is 234 Å². The molecule has 0 aliphatic rings. The Balaban J connectivity index is 0.000000714. The van der Waals surface area contributed by atoms with Crippen molar-refractivity contribution in [3.63, 3.8) is 0 Å². The molecule has 0 aliphatic heterocycles. The third-order valence-corrected chi connectivity index (χ3v) is 13.4. The average molecular weight is 800 g/mol. The van der Waals surface area contributed by atoms with E-state index in [9.17, 15) is 9.36 Å². The summed E-state index contributed by atoms with van der Waals surface area (Å²) in [5.41, 5.74) is 0. The number of carboxylic acid groups (broad SMARTS) is 1. The number of benzene rings is 4. The third kappa shape index (κ3) is 20.0. The van der Waals surface area contributed by atoms with Gasteiger partial charge in [-0.15, -0.1) is 0 Å². The van der Waals surface area contributed by atoms with Crippen LogP contribution >= 0.6 is 30.3 Å². The maximum absolute atomic E-state index is 13.8. The largest absolute Gasteiger partial charge is 0.480 e. The summed E-state index contributed by atoms with van der Waals surface area (Å²) in [6.07, 6.45) is 12.2. The number of aliphatic carboxylic acids is 1. The van der Waals surface area contributed by atoms with Crippen LogP contribution in [0.5, 0.6) is 5.75 Å². The Hall–Kier alpha value is -3.04. The summed E-state index contributed by atoms with van der Waals surface area (Å²) >= 11 is 11.3. The molecule has 4 nitrogen and oxygen atoms in total. The molecule has 0 heterocycles. The van der Waals surface area contributed by atoms with Crippen LogP contribution in [0.3, 0.4) is 0 Å². The van der Waals surface area contributed by atoms with Crippen LogP contribution < -0.4 is 20.7 Å². The lowest BCUT2D eigenvalue weighted by atomic mass is 10.0. The highest BCUT2D eigenvalue weighted by molar-refractivity contribution is 7.85. The van der Waals surface area contributed by atoms with E-state index in [-0.39, 0.29) is 0 Å². The number of carbonyl (C=O) groups is 1. The number of carboxylic acids is 1. The lowest BCUT2D eigenvalue weighted by Gasteiger charge is -2.19. The highest BCUT2D eigenvalue weighted by atomic mass is 35.5. The molecule has 0 spiro atoms. The molecule has 0 radical (unpaired) electrons. The zero-order chi connectivity index (χ0) is 40.8. The normalized spacial score (nSPS) is 10.5. The molecule has 0 bridgehead atoms. The highest BCUT2D eigenvalue weighted by Gasteiger charge is 2.28. The summed E-state index contributed by atoms with van der Waals surface area (Å²) in [6.45, 7) is 19.9. The molecule has 0 amide bonds. The standard InChI is InChI=1S/C18H15OP.C8H6Cl2O3.3C7H16/c19-20(16-10-4-1-5-11-16,17-12-6-2-7-13-17)18-14-8-3-9-15-18;9-5-1-2-7(6(10)3-5)13-4-8(11)12;3*1-4-7(5-2)6-3/h1-15H;1-3H,4H2,(H,11,12);3*7H,4-6H2,1-3H3. The monoisotopic (exact) mass is 798 g/mol. The van der Waals surface area contributed by atoms with E-state index in [2.05, 4.69) is 62.3 Å². The molecule has 0 saturated carbocycles. The van der Waals surface area contributed by atoms with Crippen molar-refractivity contribution in [1.29, 1.82) is 0 Å². The molecule has 4 aromatic carbocycles. The summed E-state index contributed by atoms with van der Waals surface area (Å²) in [5, 5.41) is 11.7. The number of hydrogen-bond donors (Lipinski definition) is 1. The molecule has 1 N–H and O–H groups in total. The topological polar surface area (TPSA) is 63.6 Å². The molecule has 4 aromatic rings. The summed E-state index contributed by atoms with van der Waals surface area (Å²) in [7, 11) is -2.78. The van der Waals surface area contributed by atoms with Gasteiger partial charge in [-0.3, -0.25) is 0 Å². The highest BCUT2D eigenvalue weighted by Crippen LogP contribution is 2.41. The van der Waals surface area contributed by atoms with Gasteiger partial charge in [0.1, 0.15) is 5.75 Å². The Labute approximate surface area is 339 Å². The van der Waals surface area contributed by atoms with E-state index in [0.29, 0.717) is 15.8 Å². The minimum atomic E-state index is -2.78. The van der Waals surface area contributed by atoms with E-state index in [1.54, 1.807) is 6.07 Å². The fourth-order valence-corrected chi connectivity index (χ4v) is 8.82. The Morgan fingerprint density at radius 2 is 0.833 bits per heavy atom. The van der Waals surface area contributed by atoms with Gasteiger partial charge >= 0.3 is 5.97 Å². The van der Waals surface area contributed by atoms with Gasteiger partial charge in [-0.2, -0.15) is 0 Å². The first-order valence-electron chi connectivity index (χ1n) is 20.0. The minimum Gasteiger partial charge on any atom is -0.480 e. The van der Waals surface area contributed by atoms with Crippen molar-refractivity contribution in [2.75, 3.05) is 6.61 Å². The van der Waals surface area contributed by atoms with Crippen molar-refractivity contribution in [3.8, 4) is 5.75 Å². The quantitative estimate of drug-likeness (QED) is 0.122. The fraction of sp³-hybridized carbons (Fsp3) is 0.468. The molecule has 0 aromatic heterocycles. The van der Waals surface area contributed by atoms with E-state index in [0.717, 1.165) is 33.7 Å². The maximum atomic E-state index is 13.8. The second-order valence-corrected chi connectivity index (χ2v) is 16.8.